The lowest BCUT2D eigenvalue weighted by Crippen LogP contribution is -2.04. The normalized spacial score (nSPS) is 10.8. The van der Waals surface area contributed by atoms with Crippen LogP contribution in [0.2, 0.25) is 0 Å². The lowest BCUT2D eigenvalue weighted by Gasteiger charge is -2.01. The third kappa shape index (κ3) is 3.19. The Kier molecular flexibility index (Phi) is 4.41. The molecule has 2 aromatic carbocycles. The molecule has 0 aliphatic carbocycles. The molecule has 0 fully saturated rings. The summed E-state index contributed by atoms with van der Waals surface area (Å²) in [6.07, 6.45) is 1.50. The zero-order valence-corrected chi connectivity index (χ0v) is 14.8. The molecule has 6 heteroatoms. The molecule has 0 spiro atoms. The molecule has 0 radical (unpaired) electrons. The third-order valence-electron chi connectivity index (χ3n) is 3.94. The van der Waals surface area contributed by atoms with E-state index >= 15 is 0 Å². The number of nitrogens with zero attached hydrogens (tertiary/aromatic N) is 1. The van der Waals surface area contributed by atoms with Gasteiger partial charge in [0.05, 0.1) is 12.7 Å². The number of aromatic nitrogens is 1. The molecule has 130 valence electrons. The lowest BCUT2D eigenvalue weighted by molar-refractivity contribution is 0.0470. The summed E-state index contributed by atoms with van der Waals surface area (Å²) in [5, 5.41) is 2.72. The van der Waals surface area contributed by atoms with E-state index in [2.05, 4.69) is 4.98 Å². The molecule has 0 aliphatic rings. The highest BCUT2D eigenvalue weighted by Gasteiger charge is 2.15. The Morgan fingerprint density at radius 2 is 1.96 bits per heavy atom. The van der Waals surface area contributed by atoms with Crippen LogP contribution in [0.25, 0.3) is 21.5 Å². The molecule has 4 rings (SSSR count). The topological polar surface area (TPSA) is 61.6 Å². The van der Waals surface area contributed by atoms with Crippen molar-refractivity contribution in [1.29, 1.82) is 0 Å². The van der Waals surface area contributed by atoms with Crippen molar-refractivity contribution in [1.82, 2.24) is 4.98 Å². The molecule has 0 saturated carbocycles. The third-order valence-corrected chi connectivity index (χ3v) is 4.90. The molecule has 0 saturated heterocycles. The van der Waals surface area contributed by atoms with E-state index in [0.717, 1.165) is 21.4 Å². The monoisotopic (exact) mass is 365 g/mol. The van der Waals surface area contributed by atoms with Crippen LogP contribution in [0.15, 0.2) is 64.6 Å². The first-order chi connectivity index (χ1) is 12.7. The van der Waals surface area contributed by atoms with Crippen LogP contribution in [-0.4, -0.2) is 18.1 Å². The minimum Gasteiger partial charge on any atom is -0.497 e. The second kappa shape index (κ2) is 7.01. The maximum absolute atomic E-state index is 12.4. The summed E-state index contributed by atoms with van der Waals surface area (Å²) < 4.78 is 17.1. The highest BCUT2D eigenvalue weighted by atomic mass is 32.1. The number of fused-ring (bicyclic) bond motifs is 1. The predicted molar refractivity (Wildman–Crippen MR) is 99.4 cm³/mol. The predicted octanol–water partition coefficient (Wildman–Crippen LogP) is 4.92. The largest absolute Gasteiger partial charge is 0.497 e. The molecule has 0 aliphatic heterocycles. The van der Waals surface area contributed by atoms with Crippen LogP contribution in [0.3, 0.4) is 0 Å². The van der Waals surface area contributed by atoms with Crippen LogP contribution in [-0.2, 0) is 11.3 Å². The number of oxazole rings is 1. The molecule has 0 N–H and O–H groups in total. The second-order valence-electron chi connectivity index (χ2n) is 5.59. The van der Waals surface area contributed by atoms with Gasteiger partial charge in [0, 0.05) is 21.0 Å². The SMILES string of the molecule is COc1ccc(-c2nc(COC(=O)c3csc4ccccc34)co2)cc1. The zero-order valence-electron chi connectivity index (χ0n) is 14.0. The molecular formula is C20H15NO4S. The van der Waals surface area contributed by atoms with E-state index in [1.807, 2.05) is 53.9 Å². The minimum atomic E-state index is -0.364. The van der Waals surface area contributed by atoms with Crippen molar-refractivity contribution in [3.05, 3.63) is 71.4 Å². The van der Waals surface area contributed by atoms with Crippen LogP contribution in [0.5, 0.6) is 5.75 Å². The molecular weight excluding hydrogens is 350 g/mol. The molecule has 0 bridgehead atoms. The molecule has 0 amide bonds. The number of rotatable bonds is 5. The van der Waals surface area contributed by atoms with Crippen molar-refractivity contribution >= 4 is 27.4 Å². The first-order valence-electron chi connectivity index (χ1n) is 7.97. The fourth-order valence-electron chi connectivity index (χ4n) is 2.59. The number of esters is 1. The smallest absolute Gasteiger partial charge is 0.340 e. The van der Waals surface area contributed by atoms with E-state index in [4.69, 9.17) is 13.9 Å². The van der Waals surface area contributed by atoms with Gasteiger partial charge in [-0.05, 0) is 30.3 Å². The number of thiophene rings is 1. The Hall–Kier alpha value is -3.12. The van der Waals surface area contributed by atoms with Crippen molar-refractivity contribution in [3.63, 3.8) is 0 Å². The van der Waals surface area contributed by atoms with Crippen molar-refractivity contribution in [2.75, 3.05) is 7.11 Å². The van der Waals surface area contributed by atoms with Crippen molar-refractivity contribution in [2.24, 2.45) is 0 Å². The Morgan fingerprint density at radius 1 is 1.15 bits per heavy atom. The summed E-state index contributed by atoms with van der Waals surface area (Å²) in [4.78, 5) is 16.7. The number of benzene rings is 2. The van der Waals surface area contributed by atoms with Gasteiger partial charge in [-0.25, -0.2) is 9.78 Å². The summed E-state index contributed by atoms with van der Waals surface area (Å²) in [6.45, 7) is 0.0582. The quantitative estimate of drug-likeness (QED) is 0.470. The second-order valence-corrected chi connectivity index (χ2v) is 6.51. The first-order valence-corrected chi connectivity index (χ1v) is 8.85. The molecule has 4 aromatic rings. The van der Waals surface area contributed by atoms with Crippen LogP contribution in [0.4, 0.5) is 0 Å². The number of carbonyl (C=O) groups excluding carboxylic acids is 1. The number of carbonyl (C=O) groups is 1. The summed E-state index contributed by atoms with van der Waals surface area (Å²) in [5.74, 6) is 0.869. The molecule has 0 atom stereocenters. The van der Waals surface area contributed by atoms with Gasteiger partial charge in [0.2, 0.25) is 5.89 Å². The van der Waals surface area contributed by atoms with Crippen molar-refractivity contribution < 1.29 is 18.7 Å². The highest BCUT2D eigenvalue weighted by Crippen LogP contribution is 2.27. The minimum absolute atomic E-state index is 0.0582. The molecule has 2 aromatic heterocycles. The van der Waals surface area contributed by atoms with Gasteiger partial charge in [-0.2, -0.15) is 0 Å². The summed E-state index contributed by atoms with van der Waals surface area (Å²) in [7, 11) is 1.61. The van der Waals surface area contributed by atoms with Gasteiger partial charge in [-0.1, -0.05) is 18.2 Å². The fraction of sp³-hybridized carbons (Fsp3) is 0.100. The molecule has 26 heavy (non-hydrogen) atoms. The van der Waals surface area contributed by atoms with Crippen LogP contribution in [0, 0.1) is 0 Å². The number of ether oxygens (including phenoxy) is 2. The number of hydrogen-bond acceptors (Lipinski definition) is 6. The van der Waals surface area contributed by atoms with Gasteiger partial charge in [-0.15, -0.1) is 11.3 Å². The molecule has 5 nitrogen and oxygen atoms in total. The summed E-state index contributed by atoms with van der Waals surface area (Å²) >= 11 is 1.52. The van der Waals surface area contributed by atoms with E-state index < -0.39 is 0 Å². The van der Waals surface area contributed by atoms with Gasteiger partial charge in [-0.3, -0.25) is 0 Å². The van der Waals surface area contributed by atoms with Crippen LogP contribution < -0.4 is 4.74 Å². The Bertz CT molecular complexity index is 1050. The lowest BCUT2D eigenvalue weighted by atomic mass is 10.2. The van der Waals surface area contributed by atoms with Crippen molar-refractivity contribution in [2.45, 2.75) is 6.61 Å². The Labute approximate surface area is 153 Å². The van der Waals surface area contributed by atoms with Gasteiger partial charge < -0.3 is 13.9 Å². The van der Waals surface area contributed by atoms with E-state index in [-0.39, 0.29) is 12.6 Å². The average Bonchev–Trinajstić information content (AvgIpc) is 3.33. The molecule has 0 unspecified atom stereocenters. The fourth-order valence-corrected chi connectivity index (χ4v) is 3.52. The Morgan fingerprint density at radius 3 is 2.77 bits per heavy atom. The average molecular weight is 365 g/mol. The van der Waals surface area contributed by atoms with Gasteiger partial charge >= 0.3 is 5.97 Å². The van der Waals surface area contributed by atoms with Crippen LogP contribution in [0.1, 0.15) is 16.1 Å². The zero-order chi connectivity index (χ0) is 17.9. The maximum Gasteiger partial charge on any atom is 0.340 e. The van der Waals surface area contributed by atoms with Crippen LogP contribution >= 0.6 is 11.3 Å². The van der Waals surface area contributed by atoms with Gasteiger partial charge in [0.15, 0.2) is 0 Å². The van der Waals surface area contributed by atoms with E-state index in [1.54, 1.807) is 7.11 Å². The summed E-state index contributed by atoms with van der Waals surface area (Å²) in [5.41, 5.74) is 1.96. The van der Waals surface area contributed by atoms with Crippen molar-refractivity contribution in [3.8, 4) is 17.2 Å². The maximum atomic E-state index is 12.4. The molecule has 2 heterocycles. The Balaban J connectivity index is 1.45. The highest BCUT2D eigenvalue weighted by molar-refractivity contribution is 7.17. The van der Waals surface area contributed by atoms with E-state index in [0.29, 0.717) is 17.1 Å². The standard InChI is InChI=1S/C20H15NO4S/c1-23-15-8-6-13(7-9-15)19-21-14(10-24-19)11-25-20(22)17-12-26-18-5-3-2-4-16(17)18/h2-10,12H,11H2,1H3. The first kappa shape index (κ1) is 16.4. The number of methoxy groups -OCH3 is 1. The van der Waals surface area contributed by atoms with Gasteiger partial charge in [0.1, 0.15) is 24.3 Å². The van der Waals surface area contributed by atoms with E-state index in [9.17, 15) is 4.79 Å². The summed E-state index contributed by atoms with van der Waals surface area (Å²) in [6, 6.07) is 15.1. The van der Waals surface area contributed by atoms with E-state index in [1.165, 1.54) is 17.6 Å². The van der Waals surface area contributed by atoms with Gasteiger partial charge in [0.25, 0.3) is 0 Å². The number of hydrogen-bond donors (Lipinski definition) is 0.